The summed E-state index contributed by atoms with van der Waals surface area (Å²) in [5.74, 6) is 0.199. The maximum absolute atomic E-state index is 12.5. The maximum atomic E-state index is 12.5. The van der Waals surface area contributed by atoms with Gasteiger partial charge < -0.3 is 23.8 Å². The Bertz CT molecular complexity index is 854. The second kappa shape index (κ2) is 8.65. The first-order chi connectivity index (χ1) is 13.6. The van der Waals surface area contributed by atoms with Crippen LogP contribution >= 0.6 is 0 Å². The van der Waals surface area contributed by atoms with Gasteiger partial charge in [-0.05, 0) is 29.7 Å². The lowest BCUT2D eigenvalue weighted by atomic mass is 10.00. The lowest BCUT2D eigenvalue weighted by Gasteiger charge is -2.28. The summed E-state index contributed by atoms with van der Waals surface area (Å²) in [5, 5.41) is 0. The number of esters is 1. The highest BCUT2D eigenvalue weighted by Gasteiger charge is 2.23. The van der Waals surface area contributed by atoms with Crippen LogP contribution in [0.5, 0.6) is 17.2 Å². The van der Waals surface area contributed by atoms with Crippen LogP contribution in [-0.4, -0.2) is 51.3 Å². The van der Waals surface area contributed by atoms with E-state index in [2.05, 4.69) is 6.07 Å². The topological polar surface area (TPSA) is 74.3 Å². The predicted octanol–water partition coefficient (Wildman–Crippen LogP) is 2.45. The van der Waals surface area contributed by atoms with Gasteiger partial charge in [0.1, 0.15) is 0 Å². The van der Waals surface area contributed by atoms with Crippen molar-refractivity contribution in [3.05, 3.63) is 53.1 Å². The second-order valence-corrected chi connectivity index (χ2v) is 6.32. The Morgan fingerprint density at radius 3 is 2.21 bits per heavy atom. The third-order valence-electron chi connectivity index (χ3n) is 4.71. The van der Waals surface area contributed by atoms with Gasteiger partial charge in [-0.25, -0.2) is 4.79 Å². The second-order valence-electron chi connectivity index (χ2n) is 6.32. The SMILES string of the molecule is COc1cc(C(=O)OCC(=O)N2CCc3ccccc3C2)cc(OC)c1OC. The standard InChI is InChI=1S/C21H23NO6/c1-25-17-10-16(11-18(26-2)20(17)27-3)21(24)28-13-19(23)22-9-8-14-6-4-5-7-15(14)12-22/h4-7,10-11H,8-9,12-13H2,1-3H3. The van der Waals surface area contributed by atoms with E-state index in [0.717, 1.165) is 12.0 Å². The van der Waals surface area contributed by atoms with Gasteiger partial charge in [0.05, 0.1) is 26.9 Å². The number of hydrogen-bond acceptors (Lipinski definition) is 6. The van der Waals surface area contributed by atoms with Crippen LogP contribution in [0.3, 0.4) is 0 Å². The number of benzene rings is 2. The predicted molar refractivity (Wildman–Crippen MR) is 102 cm³/mol. The molecule has 7 heteroatoms. The first-order valence-electron chi connectivity index (χ1n) is 8.89. The summed E-state index contributed by atoms with van der Waals surface area (Å²) in [6, 6.07) is 11.0. The zero-order valence-electron chi connectivity index (χ0n) is 16.2. The highest BCUT2D eigenvalue weighted by atomic mass is 16.5. The van der Waals surface area contributed by atoms with Crippen molar-refractivity contribution in [1.82, 2.24) is 4.90 Å². The zero-order valence-corrected chi connectivity index (χ0v) is 16.2. The quantitative estimate of drug-likeness (QED) is 0.711. The number of nitrogens with zero attached hydrogens (tertiary/aromatic N) is 1. The van der Waals surface area contributed by atoms with Gasteiger partial charge in [0.15, 0.2) is 18.1 Å². The summed E-state index contributed by atoms with van der Waals surface area (Å²) in [5.41, 5.74) is 2.59. The first-order valence-corrected chi connectivity index (χ1v) is 8.89. The zero-order chi connectivity index (χ0) is 20.1. The Labute approximate surface area is 163 Å². The lowest BCUT2D eigenvalue weighted by molar-refractivity contribution is -0.135. The van der Waals surface area contributed by atoms with Crippen LogP contribution in [0.4, 0.5) is 0 Å². The fourth-order valence-electron chi connectivity index (χ4n) is 3.21. The van der Waals surface area contributed by atoms with E-state index in [4.69, 9.17) is 18.9 Å². The van der Waals surface area contributed by atoms with Gasteiger partial charge in [0.2, 0.25) is 5.75 Å². The Kier molecular flexibility index (Phi) is 6.03. The molecule has 0 N–H and O–H groups in total. The van der Waals surface area contributed by atoms with Gasteiger partial charge in [0.25, 0.3) is 5.91 Å². The van der Waals surface area contributed by atoms with Crippen LogP contribution in [-0.2, 0) is 22.5 Å². The van der Waals surface area contributed by atoms with Crippen LogP contribution in [0, 0.1) is 0 Å². The Morgan fingerprint density at radius 1 is 0.964 bits per heavy atom. The molecule has 148 valence electrons. The minimum atomic E-state index is -0.634. The summed E-state index contributed by atoms with van der Waals surface area (Å²) >= 11 is 0. The van der Waals surface area contributed by atoms with Crippen LogP contribution in [0.15, 0.2) is 36.4 Å². The van der Waals surface area contributed by atoms with Gasteiger partial charge in [-0.15, -0.1) is 0 Å². The normalized spacial score (nSPS) is 12.8. The van der Waals surface area contributed by atoms with Crippen LogP contribution in [0.1, 0.15) is 21.5 Å². The number of methoxy groups -OCH3 is 3. The van der Waals surface area contributed by atoms with Crippen molar-refractivity contribution in [1.29, 1.82) is 0 Å². The summed E-state index contributed by atoms with van der Waals surface area (Å²) in [6.45, 7) is 0.811. The van der Waals surface area contributed by atoms with Gasteiger partial charge in [-0.1, -0.05) is 24.3 Å². The number of carbonyl (C=O) groups is 2. The van der Waals surface area contributed by atoms with E-state index in [9.17, 15) is 9.59 Å². The third-order valence-corrected chi connectivity index (χ3v) is 4.71. The van der Waals surface area contributed by atoms with Crippen molar-refractivity contribution in [3.63, 3.8) is 0 Å². The van der Waals surface area contributed by atoms with Crippen LogP contribution in [0.2, 0.25) is 0 Å². The summed E-state index contributed by atoms with van der Waals surface area (Å²) in [7, 11) is 4.40. The van der Waals surface area contributed by atoms with Crippen LogP contribution in [0.25, 0.3) is 0 Å². The van der Waals surface area contributed by atoms with Gasteiger partial charge >= 0.3 is 5.97 Å². The molecule has 7 nitrogen and oxygen atoms in total. The van der Waals surface area contributed by atoms with Crippen molar-refractivity contribution in [2.45, 2.75) is 13.0 Å². The minimum absolute atomic E-state index is 0.214. The molecule has 2 aromatic carbocycles. The molecule has 0 saturated carbocycles. The molecule has 0 unspecified atom stereocenters. The van der Waals surface area contributed by atoms with Crippen molar-refractivity contribution < 1.29 is 28.5 Å². The fourth-order valence-corrected chi connectivity index (χ4v) is 3.21. The number of carbonyl (C=O) groups excluding carboxylic acids is 2. The molecule has 1 aliphatic heterocycles. The molecule has 0 aliphatic carbocycles. The van der Waals surface area contributed by atoms with E-state index >= 15 is 0 Å². The van der Waals surface area contributed by atoms with E-state index in [1.807, 2.05) is 18.2 Å². The Hall–Kier alpha value is -3.22. The molecule has 0 fully saturated rings. The van der Waals surface area contributed by atoms with E-state index in [-0.39, 0.29) is 18.1 Å². The molecule has 0 bridgehead atoms. The number of ether oxygens (including phenoxy) is 4. The molecule has 2 aromatic rings. The van der Waals surface area contributed by atoms with Crippen molar-refractivity contribution in [3.8, 4) is 17.2 Å². The highest BCUT2D eigenvalue weighted by Crippen LogP contribution is 2.38. The van der Waals surface area contributed by atoms with Crippen molar-refractivity contribution in [2.24, 2.45) is 0 Å². The maximum Gasteiger partial charge on any atom is 0.338 e. The smallest absolute Gasteiger partial charge is 0.338 e. The average Bonchev–Trinajstić information content (AvgIpc) is 2.75. The molecule has 1 aliphatic rings. The summed E-state index contributed by atoms with van der Waals surface area (Å²) < 4.78 is 20.9. The number of amides is 1. The molecule has 28 heavy (non-hydrogen) atoms. The summed E-state index contributed by atoms with van der Waals surface area (Å²) in [4.78, 5) is 26.6. The molecule has 1 heterocycles. The summed E-state index contributed by atoms with van der Waals surface area (Å²) in [6.07, 6.45) is 0.794. The molecule has 1 amide bonds. The highest BCUT2D eigenvalue weighted by molar-refractivity contribution is 5.92. The van der Waals surface area contributed by atoms with Gasteiger partial charge in [-0.3, -0.25) is 4.79 Å². The molecule has 0 saturated heterocycles. The fraction of sp³-hybridized carbons (Fsp3) is 0.333. The molecule has 0 atom stereocenters. The monoisotopic (exact) mass is 385 g/mol. The van der Waals surface area contributed by atoms with E-state index in [1.165, 1.54) is 39.0 Å². The molecule has 0 aromatic heterocycles. The molecular weight excluding hydrogens is 362 g/mol. The van der Waals surface area contributed by atoms with E-state index < -0.39 is 5.97 Å². The number of fused-ring (bicyclic) bond motifs is 1. The third kappa shape index (κ3) is 4.03. The van der Waals surface area contributed by atoms with E-state index in [0.29, 0.717) is 30.3 Å². The largest absolute Gasteiger partial charge is 0.493 e. The Balaban J connectivity index is 1.65. The molecular formula is C21H23NO6. The average molecular weight is 385 g/mol. The number of rotatable bonds is 6. The molecule has 3 rings (SSSR count). The van der Waals surface area contributed by atoms with Crippen LogP contribution < -0.4 is 14.2 Å². The molecule has 0 radical (unpaired) electrons. The Morgan fingerprint density at radius 2 is 1.61 bits per heavy atom. The van der Waals surface area contributed by atoms with E-state index in [1.54, 1.807) is 4.90 Å². The lowest BCUT2D eigenvalue weighted by Crippen LogP contribution is -2.38. The van der Waals surface area contributed by atoms with Gasteiger partial charge in [0, 0.05) is 13.1 Å². The minimum Gasteiger partial charge on any atom is -0.493 e. The number of hydrogen-bond donors (Lipinski definition) is 0. The van der Waals surface area contributed by atoms with Gasteiger partial charge in [-0.2, -0.15) is 0 Å². The van der Waals surface area contributed by atoms with Crippen molar-refractivity contribution in [2.75, 3.05) is 34.5 Å². The van der Waals surface area contributed by atoms with Crippen molar-refractivity contribution >= 4 is 11.9 Å². The molecule has 0 spiro atoms. The first kappa shape index (κ1) is 19.5.